The Morgan fingerprint density at radius 3 is 2.62 bits per heavy atom. The fraction of sp³-hybridized carbons (Fsp3) is 0.308. The molecule has 3 N–H and O–H groups in total. The third kappa shape index (κ3) is 5.35. The maximum absolute atomic E-state index is 11.9. The highest BCUT2D eigenvalue weighted by atomic mass is 32.2. The number of carbonyl (C=O) groups is 3. The maximum Gasteiger partial charge on any atom is 0.342 e. The zero-order valence-corrected chi connectivity index (χ0v) is 12.5. The highest BCUT2D eigenvalue weighted by Crippen LogP contribution is 2.25. The van der Waals surface area contributed by atoms with Crippen molar-refractivity contribution in [1.82, 2.24) is 5.32 Å². The number of benzene rings is 1. The van der Waals surface area contributed by atoms with Crippen molar-refractivity contribution in [1.29, 1.82) is 0 Å². The molecule has 0 saturated heterocycles. The third-order valence-electron chi connectivity index (χ3n) is 2.42. The second-order valence-electron chi connectivity index (χ2n) is 3.89. The molecule has 8 heteroatoms. The van der Waals surface area contributed by atoms with Gasteiger partial charge in [-0.1, -0.05) is 0 Å². The highest BCUT2D eigenvalue weighted by Gasteiger charge is 2.16. The zero-order valence-electron chi connectivity index (χ0n) is 11.7. The van der Waals surface area contributed by atoms with Gasteiger partial charge < -0.3 is 20.5 Å². The van der Waals surface area contributed by atoms with Gasteiger partial charge in [0.15, 0.2) is 6.61 Å². The zero-order chi connectivity index (χ0) is 15.8. The van der Waals surface area contributed by atoms with Crippen LogP contribution in [0, 0.1) is 0 Å². The monoisotopic (exact) mass is 312 g/mol. The van der Waals surface area contributed by atoms with Crippen molar-refractivity contribution in [2.24, 2.45) is 5.73 Å². The number of hydrogen-bond acceptors (Lipinski definition) is 6. The molecule has 1 aromatic rings. The topological polar surface area (TPSA) is 108 Å². The second-order valence-corrected chi connectivity index (χ2v) is 4.77. The summed E-state index contributed by atoms with van der Waals surface area (Å²) in [5, 5.41) is 2.21. The van der Waals surface area contributed by atoms with Crippen molar-refractivity contribution < 1.29 is 23.9 Å². The van der Waals surface area contributed by atoms with Gasteiger partial charge in [-0.25, -0.2) is 4.79 Å². The van der Waals surface area contributed by atoms with Crippen LogP contribution in [0.5, 0.6) is 5.75 Å². The molecule has 0 radical (unpaired) electrons. The van der Waals surface area contributed by atoms with E-state index in [0.717, 1.165) is 4.90 Å². The Bertz CT molecular complexity index is 547. The Hall–Kier alpha value is -2.22. The molecule has 114 valence electrons. The lowest BCUT2D eigenvalue weighted by atomic mass is 10.2. The van der Waals surface area contributed by atoms with E-state index in [1.54, 1.807) is 18.2 Å². The first-order valence-corrected chi connectivity index (χ1v) is 7.14. The van der Waals surface area contributed by atoms with E-state index in [0.29, 0.717) is 5.75 Å². The first kappa shape index (κ1) is 16.8. The largest absolute Gasteiger partial charge is 0.496 e. The van der Waals surface area contributed by atoms with E-state index in [4.69, 9.17) is 15.2 Å². The van der Waals surface area contributed by atoms with Crippen LogP contribution in [0.3, 0.4) is 0 Å². The standard InChI is InChI=1S/C13H16N2O5S/c1-19-10-5-8(21-2)3-4-9(10)13(18)20-7-12(17)15-6-11(14)16/h3-5H,6-7H2,1-2H3,(H2,14,16)(H,15,17). The Labute approximate surface area is 126 Å². The summed E-state index contributed by atoms with van der Waals surface area (Å²) in [6.45, 7) is -0.804. The normalized spacial score (nSPS) is 9.81. The molecule has 0 bridgehead atoms. The smallest absolute Gasteiger partial charge is 0.342 e. The molecule has 21 heavy (non-hydrogen) atoms. The minimum Gasteiger partial charge on any atom is -0.496 e. The van der Waals surface area contributed by atoms with Crippen LogP contribution < -0.4 is 15.8 Å². The number of primary amides is 1. The molecule has 0 unspecified atom stereocenters. The highest BCUT2D eigenvalue weighted by molar-refractivity contribution is 7.98. The molecule has 1 aromatic carbocycles. The first-order valence-electron chi connectivity index (χ1n) is 5.92. The molecule has 0 aliphatic heterocycles. The Morgan fingerprint density at radius 1 is 1.33 bits per heavy atom. The lowest BCUT2D eigenvalue weighted by molar-refractivity contribution is -0.127. The quantitative estimate of drug-likeness (QED) is 0.549. The van der Waals surface area contributed by atoms with Crippen LogP contribution >= 0.6 is 11.8 Å². The maximum atomic E-state index is 11.9. The van der Waals surface area contributed by atoms with Crippen LogP contribution in [-0.4, -0.2) is 44.3 Å². The summed E-state index contributed by atoms with van der Waals surface area (Å²) in [4.78, 5) is 34.6. The summed E-state index contributed by atoms with van der Waals surface area (Å²) >= 11 is 1.51. The molecule has 0 spiro atoms. The van der Waals surface area contributed by atoms with Gasteiger partial charge in [0.25, 0.3) is 5.91 Å². The SMILES string of the molecule is COc1cc(SC)ccc1C(=O)OCC(=O)NCC(N)=O. The fourth-order valence-corrected chi connectivity index (χ4v) is 1.84. The summed E-state index contributed by atoms with van der Waals surface area (Å²) in [6, 6.07) is 5.01. The lowest BCUT2D eigenvalue weighted by Gasteiger charge is -2.10. The molecule has 0 heterocycles. The summed E-state index contributed by atoms with van der Waals surface area (Å²) in [7, 11) is 1.44. The van der Waals surface area contributed by atoms with Gasteiger partial charge in [-0.2, -0.15) is 0 Å². The number of methoxy groups -OCH3 is 1. The van der Waals surface area contributed by atoms with Gasteiger partial charge in [0.2, 0.25) is 5.91 Å². The van der Waals surface area contributed by atoms with E-state index in [9.17, 15) is 14.4 Å². The molecular weight excluding hydrogens is 296 g/mol. The fourth-order valence-electron chi connectivity index (χ4n) is 1.41. The van der Waals surface area contributed by atoms with Crippen molar-refractivity contribution in [3.8, 4) is 5.75 Å². The minimum absolute atomic E-state index is 0.220. The number of hydrogen-bond donors (Lipinski definition) is 2. The number of ether oxygens (including phenoxy) is 2. The lowest BCUT2D eigenvalue weighted by Crippen LogP contribution is -2.36. The molecule has 0 aromatic heterocycles. The van der Waals surface area contributed by atoms with E-state index in [1.807, 2.05) is 6.26 Å². The van der Waals surface area contributed by atoms with Crippen molar-refractivity contribution in [2.45, 2.75) is 4.90 Å². The van der Waals surface area contributed by atoms with Gasteiger partial charge in [-0.15, -0.1) is 11.8 Å². The summed E-state index contributed by atoms with van der Waals surface area (Å²) in [5.41, 5.74) is 5.09. The van der Waals surface area contributed by atoms with E-state index >= 15 is 0 Å². The number of esters is 1. The van der Waals surface area contributed by atoms with Crippen LogP contribution in [0.25, 0.3) is 0 Å². The Morgan fingerprint density at radius 2 is 2.05 bits per heavy atom. The first-order chi connectivity index (χ1) is 9.97. The van der Waals surface area contributed by atoms with Crippen molar-refractivity contribution in [3.05, 3.63) is 23.8 Å². The Kier molecular flexibility index (Phi) is 6.54. The van der Waals surface area contributed by atoms with Crippen molar-refractivity contribution >= 4 is 29.5 Å². The number of nitrogens with two attached hydrogens (primary N) is 1. The summed E-state index contributed by atoms with van der Waals surface area (Å²) in [5.74, 6) is -1.61. The van der Waals surface area contributed by atoms with E-state index in [2.05, 4.69) is 5.32 Å². The van der Waals surface area contributed by atoms with Crippen LogP contribution in [0.1, 0.15) is 10.4 Å². The van der Waals surface area contributed by atoms with E-state index in [1.165, 1.54) is 18.9 Å². The molecule has 0 atom stereocenters. The van der Waals surface area contributed by atoms with Crippen LogP contribution in [0.4, 0.5) is 0 Å². The van der Waals surface area contributed by atoms with E-state index < -0.39 is 24.4 Å². The summed E-state index contributed by atoms with van der Waals surface area (Å²) in [6.07, 6.45) is 1.90. The van der Waals surface area contributed by atoms with Crippen LogP contribution in [0.15, 0.2) is 23.1 Å². The number of rotatable bonds is 7. The van der Waals surface area contributed by atoms with Gasteiger partial charge >= 0.3 is 5.97 Å². The van der Waals surface area contributed by atoms with Crippen molar-refractivity contribution in [2.75, 3.05) is 26.5 Å². The number of thioether (sulfide) groups is 1. The molecule has 2 amide bonds. The van der Waals surface area contributed by atoms with Gasteiger partial charge in [0, 0.05) is 4.90 Å². The van der Waals surface area contributed by atoms with Gasteiger partial charge in [-0.3, -0.25) is 9.59 Å². The average molecular weight is 312 g/mol. The minimum atomic E-state index is -0.686. The number of amides is 2. The molecule has 0 aliphatic carbocycles. The van der Waals surface area contributed by atoms with Gasteiger partial charge in [-0.05, 0) is 24.5 Å². The molecule has 0 aliphatic rings. The second kappa shape index (κ2) is 8.15. The van der Waals surface area contributed by atoms with Gasteiger partial charge in [0.1, 0.15) is 11.3 Å². The number of carbonyl (C=O) groups excluding carboxylic acids is 3. The predicted molar refractivity (Wildman–Crippen MR) is 77.3 cm³/mol. The summed E-state index contributed by atoms with van der Waals surface area (Å²) < 4.78 is 9.97. The van der Waals surface area contributed by atoms with Crippen LogP contribution in [0.2, 0.25) is 0 Å². The molecule has 1 rings (SSSR count). The third-order valence-corrected chi connectivity index (χ3v) is 3.15. The van der Waals surface area contributed by atoms with Crippen molar-refractivity contribution in [3.63, 3.8) is 0 Å². The predicted octanol–water partition coefficient (Wildman–Crippen LogP) is 0.175. The van der Waals surface area contributed by atoms with Crippen LogP contribution in [-0.2, 0) is 14.3 Å². The number of nitrogens with one attached hydrogen (secondary N) is 1. The van der Waals surface area contributed by atoms with Gasteiger partial charge in [0.05, 0.1) is 13.7 Å². The molecule has 0 saturated carbocycles. The molecule has 0 fully saturated rings. The Balaban J connectivity index is 2.63. The molecular formula is C13H16N2O5S. The average Bonchev–Trinajstić information content (AvgIpc) is 2.49. The molecule has 7 nitrogen and oxygen atoms in total. The van der Waals surface area contributed by atoms with E-state index in [-0.39, 0.29) is 12.1 Å².